The Balaban J connectivity index is 2.18. The summed E-state index contributed by atoms with van der Waals surface area (Å²) in [5.74, 6) is 0. The maximum Gasteiger partial charge on any atom is 0.210 e. The molecule has 0 aliphatic rings. The lowest BCUT2D eigenvalue weighted by Crippen LogP contribution is -2.15. The van der Waals surface area contributed by atoms with Crippen LogP contribution in [0.2, 0.25) is 0 Å². The summed E-state index contributed by atoms with van der Waals surface area (Å²) in [6, 6.07) is 9.45. The van der Waals surface area contributed by atoms with E-state index in [9.17, 15) is 4.79 Å². The van der Waals surface area contributed by atoms with E-state index < -0.39 is 0 Å². The van der Waals surface area contributed by atoms with Crippen molar-refractivity contribution in [2.75, 3.05) is 5.73 Å². The summed E-state index contributed by atoms with van der Waals surface area (Å²) >= 11 is 1.15. The molecule has 0 saturated carbocycles. The van der Waals surface area contributed by atoms with Crippen LogP contribution >= 0.6 is 11.3 Å². The van der Waals surface area contributed by atoms with Crippen molar-refractivity contribution in [2.24, 2.45) is 0 Å². The van der Waals surface area contributed by atoms with Gasteiger partial charge in [-0.15, -0.1) is 10.2 Å². The Morgan fingerprint density at radius 2 is 1.86 bits per heavy atom. The minimum atomic E-state index is -0.188. The van der Waals surface area contributed by atoms with Gasteiger partial charge in [-0.2, -0.15) is 5.10 Å². The normalized spacial score (nSPS) is 10.8. The number of benzene rings is 1. The maximum absolute atomic E-state index is 12.1. The molecule has 0 aliphatic heterocycles. The number of rotatable bonds is 2. The fourth-order valence-electron chi connectivity index (χ4n) is 1.97. The molecule has 3 aromatic rings. The SMILES string of the molecule is Cc1ccc(-n2nc(-c3nnc(N)s3)c(=O)cc2C)cc1. The zero-order valence-electron chi connectivity index (χ0n) is 11.6. The van der Waals surface area contributed by atoms with E-state index in [4.69, 9.17) is 5.73 Å². The zero-order valence-corrected chi connectivity index (χ0v) is 12.4. The molecule has 0 radical (unpaired) electrons. The molecule has 2 heterocycles. The summed E-state index contributed by atoms with van der Waals surface area (Å²) in [4.78, 5) is 12.1. The number of nitrogens with zero attached hydrogens (tertiary/aromatic N) is 4. The van der Waals surface area contributed by atoms with Crippen LogP contribution < -0.4 is 11.2 Å². The number of anilines is 1. The van der Waals surface area contributed by atoms with E-state index in [0.29, 0.717) is 10.1 Å². The lowest BCUT2D eigenvalue weighted by molar-refractivity contribution is 0.803. The second kappa shape index (κ2) is 5.10. The van der Waals surface area contributed by atoms with Gasteiger partial charge < -0.3 is 5.73 Å². The van der Waals surface area contributed by atoms with Crippen molar-refractivity contribution in [3.63, 3.8) is 0 Å². The van der Waals surface area contributed by atoms with E-state index in [1.54, 1.807) is 10.7 Å². The molecule has 0 atom stereocenters. The summed E-state index contributed by atoms with van der Waals surface area (Å²) in [7, 11) is 0. The largest absolute Gasteiger partial charge is 0.374 e. The second-order valence-corrected chi connectivity index (χ2v) is 5.70. The maximum atomic E-state index is 12.1. The molecule has 0 spiro atoms. The lowest BCUT2D eigenvalue weighted by atomic mass is 10.2. The van der Waals surface area contributed by atoms with E-state index in [1.807, 2.05) is 38.1 Å². The molecule has 106 valence electrons. The molecule has 1 aromatic carbocycles. The second-order valence-electron chi connectivity index (χ2n) is 4.69. The van der Waals surface area contributed by atoms with Gasteiger partial charge in [0.25, 0.3) is 0 Å². The third kappa shape index (κ3) is 2.55. The molecule has 0 saturated heterocycles. The number of aryl methyl sites for hydroxylation is 2. The highest BCUT2D eigenvalue weighted by Gasteiger charge is 2.13. The van der Waals surface area contributed by atoms with Gasteiger partial charge in [0, 0.05) is 11.8 Å². The number of aromatic nitrogens is 4. The molecule has 0 amide bonds. The molecule has 3 rings (SSSR count). The fourth-order valence-corrected chi connectivity index (χ4v) is 2.57. The van der Waals surface area contributed by atoms with E-state index in [1.165, 1.54) is 0 Å². The first kappa shape index (κ1) is 13.4. The van der Waals surface area contributed by atoms with E-state index in [2.05, 4.69) is 15.3 Å². The van der Waals surface area contributed by atoms with Crippen LogP contribution in [-0.2, 0) is 0 Å². The molecule has 0 unspecified atom stereocenters. The zero-order chi connectivity index (χ0) is 15.0. The average molecular weight is 299 g/mol. The molecular formula is C14H13N5OS. The van der Waals surface area contributed by atoms with Gasteiger partial charge in [0.05, 0.1) is 5.69 Å². The van der Waals surface area contributed by atoms with Gasteiger partial charge in [-0.1, -0.05) is 29.0 Å². The van der Waals surface area contributed by atoms with Crippen molar-refractivity contribution in [3.8, 4) is 16.4 Å². The van der Waals surface area contributed by atoms with Crippen LogP contribution in [-0.4, -0.2) is 20.0 Å². The Morgan fingerprint density at radius 1 is 1.14 bits per heavy atom. The van der Waals surface area contributed by atoms with Crippen LogP contribution in [0.5, 0.6) is 0 Å². The molecule has 2 aromatic heterocycles. The standard InChI is InChI=1S/C14H13N5OS/c1-8-3-5-10(6-4-8)19-9(2)7-11(20)12(18-19)13-16-17-14(15)21-13/h3-7H,1-2H3,(H2,15,17). The van der Waals surface area contributed by atoms with Crippen LogP contribution in [0.3, 0.4) is 0 Å². The third-order valence-corrected chi connectivity index (χ3v) is 3.79. The minimum absolute atomic E-state index is 0.188. The number of hydrogen-bond donors (Lipinski definition) is 1. The Morgan fingerprint density at radius 3 is 2.48 bits per heavy atom. The van der Waals surface area contributed by atoms with Crippen LogP contribution in [0, 0.1) is 13.8 Å². The summed E-state index contributed by atoms with van der Waals surface area (Å²) in [6.45, 7) is 3.86. The summed E-state index contributed by atoms with van der Waals surface area (Å²) in [6.07, 6.45) is 0. The van der Waals surface area contributed by atoms with Gasteiger partial charge in [0.1, 0.15) is 0 Å². The quantitative estimate of drug-likeness (QED) is 0.781. The van der Waals surface area contributed by atoms with E-state index >= 15 is 0 Å². The number of nitrogen functional groups attached to an aromatic ring is 1. The lowest BCUT2D eigenvalue weighted by Gasteiger charge is -2.10. The Labute approximate surface area is 124 Å². The third-order valence-electron chi connectivity index (χ3n) is 3.03. The molecule has 21 heavy (non-hydrogen) atoms. The first-order valence-corrected chi connectivity index (χ1v) is 7.13. The van der Waals surface area contributed by atoms with Gasteiger partial charge in [0.15, 0.2) is 10.7 Å². The van der Waals surface area contributed by atoms with Crippen molar-refractivity contribution in [3.05, 3.63) is 51.8 Å². The molecular weight excluding hydrogens is 286 g/mol. The van der Waals surface area contributed by atoms with Crippen molar-refractivity contribution < 1.29 is 0 Å². The Hall–Kier alpha value is -2.54. The smallest absolute Gasteiger partial charge is 0.210 e. The molecule has 0 aliphatic carbocycles. The summed E-state index contributed by atoms with van der Waals surface area (Å²) in [5.41, 5.74) is 8.44. The van der Waals surface area contributed by atoms with Gasteiger partial charge in [-0.3, -0.25) is 4.79 Å². The van der Waals surface area contributed by atoms with Crippen LogP contribution in [0.15, 0.2) is 35.1 Å². The monoisotopic (exact) mass is 299 g/mol. The molecule has 6 nitrogen and oxygen atoms in total. The molecule has 7 heteroatoms. The molecule has 0 bridgehead atoms. The average Bonchev–Trinajstić information content (AvgIpc) is 2.87. The van der Waals surface area contributed by atoms with Crippen molar-refractivity contribution in [1.29, 1.82) is 0 Å². The van der Waals surface area contributed by atoms with E-state index in [-0.39, 0.29) is 11.1 Å². The van der Waals surface area contributed by atoms with Crippen LogP contribution in [0.4, 0.5) is 5.13 Å². The van der Waals surface area contributed by atoms with E-state index in [0.717, 1.165) is 28.3 Å². The van der Waals surface area contributed by atoms with Crippen molar-refractivity contribution in [1.82, 2.24) is 20.0 Å². The van der Waals surface area contributed by atoms with Crippen LogP contribution in [0.25, 0.3) is 16.4 Å². The minimum Gasteiger partial charge on any atom is -0.374 e. The summed E-state index contributed by atoms with van der Waals surface area (Å²) < 4.78 is 1.72. The highest BCUT2D eigenvalue weighted by Crippen LogP contribution is 2.21. The predicted molar refractivity (Wildman–Crippen MR) is 82.6 cm³/mol. The topological polar surface area (TPSA) is 86.7 Å². The Kier molecular flexibility index (Phi) is 3.26. The Bertz CT molecular complexity index is 851. The first-order valence-electron chi connectivity index (χ1n) is 6.32. The van der Waals surface area contributed by atoms with Crippen LogP contribution in [0.1, 0.15) is 11.3 Å². The first-order chi connectivity index (χ1) is 10.0. The van der Waals surface area contributed by atoms with Gasteiger partial charge in [-0.25, -0.2) is 4.68 Å². The summed E-state index contributed by atoms with van der Waals surface area (Å²) in [5, 5.41) is 12.8. The van der Waals surface area contributed by atoms with Crippen molar-refractivity contribution >= 4 is 16.5 Å². The highest BCUT2D eigenvalue weighted by molar-refractivity contribution is 7.18. The number of nitrogens with two attached hydrogens (primary N) is 1. The molecule has 0 fully saturated rings. The molecule has 2 N–H and O–H groups in total. The fraction of sp³-hybridized carbons (Fsp3) is 0.143. The van der Waals surface area contributed by atoms with Crippen molar-refractivity contribution in [2.45, 2.75) is 13.8 Å². The van der Waals surface area contributed by atoms with Gasteiger partial charge >= 0.3 is 0 Å². The number of hydrogen-bond acceptors (Lipinski definition) is 6. The predicted octanol–water partition coefficient (Wildman–Crippen LogP) is 1.95. The highest BCUT2D eigenvalue weighted by atomic mass is 32.1. The van der Waals surface area contributed by atoms with Gasteiger partial charge in [-0.05, 0) is 26.0 Å². The van der Waals surface area contributed by atoms with Gasteiger partial charge in [0.2, 0.25) is 10.6 Å².